The van der Waals surface area contributed by atoms with Crippen molar-refractivity contribution < 1.29 is 9.59 Å². The van der Waals surface area contributed by atoms with Crippen LogP contribution in [0.2, 0.25) is 0 Å². The minimum atomic E-state index is -0.116. The summed E-state index contributed by atoms with van der Waals surface area (Å²) in [4.78, 5) is 30.8. The Morgan fingerprint density at radius 1 is 0.850 bits per heavy atom. The van der Waals surface area contributed by atoms with Crippen molar-refractivity contribution >= 4 is 28.9 Å². The summed E-state index contributed by atoms with van der Waals surface area (Å²) in [5, 5.41) is 12.1. The van der Waals surface area contributed by atoms with Crippen molar-refractivity contribution in [3.63, 3.8) is 0 Å². The van der Waals surface area contributed by atoms with Gasteiger partial charge >= 0.3 is 0 Å². The van der Waals surface area contributed by atoms with Gasteiger partial charge in [-0.05, 0) is 66.3 Å². The van der Waals surface area contributed by atoms with Crippen LogP contribution in [0.5, 0.6) is 0 Å². The van der Waals surface area contributed by atoms with Crippen molar-refractivity contribution in [1.82, 2.24) is 0 Å². The maximum absolute atomic E-state index is 13.6. The smallest absolute Gasteiger partial charge is 0.243 e. The lowest BCUT2D eigenvalue weighted by molar-refractivity contribution is -0.118. The summed E-state index contributed by atoms with van der Waals surface area (Å²) in [5.41, 5.74) is 6.39. The molecule has 1 aliphatic heterocycles. The molecule has 4 aromatic carbocycles. The van der Waals surface area contributed by atoms with Crippen LogP contribution in [0.3, 0.4) is 0 Å². The van der Waals surface area contributed by atoms with E-state index < -0.39 is 0 Å². The summed E-state index contributed by atoms with van der Waals surface area (Å²) < 4.78 is 0. The second-order valence-corrected chi connectivity index (χ2v) is 10.00. The first-order valence-corrected chi connectivity index (χ1v) is 13.7. The molecule has 1 heterocycles. The number of carbonyl (C=O) groups is 2. The molecular formula is C34H32N4O2. The molecule has 0 saturated heterocycles. The van der Waals surface area contributed by atoms with Gasteiger partial charge in [0.15, 0.2) is 0 Å². The summed E-state index contributed by atoms with van der Waals surface area (Å²) in [6.07, 6.45) is 2.75. The fraction of sp³-hybridized carbons (Fsp3) is 0.206. The summed E-state index contributed by atoms with van der Waals surface area (Å²) in [7, 11) is 0. The molecule has 6 heteroatoms. The number of hydrogen-bond acceptors (Lipinski definition) is 4. The van der Waals surface area contributed by atoms with Gasteiger partial charge < -0.3 is 15.1 Å². The number of rotatable bonds is 9. The van der Waals surface area contributed by atoms with E-state index in [1.165, 1.54) is 0 Å². The topological polar surface area (TPSA) is 76.4 Å². The standard InChI is InChI=1S/C34H32N4O2/c35-23-27-18-16-26(17-19-27)20-21-33(40)38-22-8-12-29-11-7-15-31(34(29)38)37(24-28-9-3-1-4-10-28)25-32(39)36-30-13-5-2-6-14-30/h1-7,9-11,13-19H,8,12,20-22,24-25H2,(H,36,39). The molecule has 0 saturated carbocycles. The first-order chi connectivity index (χ1) is 19.6. The molecule has 0 unspecified atom stereocenters. The van der Waals surface area contributed by atoms with E-state index in [0.717, 1.165) is 46.6 Å². The summed E-state index contributed by atoms with van der Waals surface area (Å²) >= 11 is 0. The third-order valence-corrected chi connectivity index (χ3v) is 7.16. The summed E-state index contributed by atoms with van der Waals surface area (Å²) in [6.45, 7) is 1.33. The van der Waals surface area contributed by atoms with E-state index in [2.05, 4.69) is 34.5 Å². The Kier molecular flexibility index (Phi) is 8.53. The van der Waals surface area contributed by atoms with E-state index >= 15 is 0 Å². The lowest BCUT2D eigenvalue weighted by Crippen LogP contribution is -2.39. The zero-order valence-corrected chi connectivity index (χ0v) is 22.4. The quantitative estimate of drug-likeness (QED) is 0.284. The lowest BCUT2D eigenvalue weighted by atomic mass is 9.98. The van der Waals surface area contributed by atoms with Crippen LogP contribution < -0.4 is 15.1 Å². The maximum atomic E-state index is 13.6. The minimum absolute atomic E-state index is 0.0613. The van der Waals surface area contributed by atoms with Crippen LogP contribution in [0, 0.1) is 11.3 Å². The monoisotopic (exact) mass is 528 g/mol. The van der Waals surface area contributed by atoms with Gasteiger partial charge in [-0.1, -0.05) is 72.8 Å². The van der Waals surface area contributed by atoms with Gasteiger partial charge in [-0.15, -0.1) is 0 Å². The number of nitriles is 1. The average molecular weight is 529 g/mol. The van der Waals surface area contributed by atoms with Crippen LogP contribution in [0.4, 0.5) is 17.1 Å². The van der Waals surface area contributed by atoms with Crippen LogP contribution in [-0.4, -0.2) is 24.9 Å². The zero-order chi connectivity index (χ0) is 27.7. The number of aryl methyl sites for hydroxylation is 2. The van der Waals surface area contributed by atoms with Crippen molar-refractivity contribution in [3.8, 4) is 6.07 Å². The fourth-order valence-electron chi connectivity index (χ4n) is 5.19. The van der Waals surface area contributed by atoms with Crippen LogP contribution in [-0.2, 0) is 29.0 Å². The van der Waals surface area contributed by atoms with Crippen molar-refractivity contribution in [2.24, 2.45) is 0 Å². The van der Waals surface area contributed by atoms with E-state index in [0.29, 0.717) is 31.5 Å². The highest BCUT2D eigenvalue weighted by molar-refractivity contribution is 6.00. The third kappa shape index (κ3) is 6.57. The maximum Gasteiger partial charge on any atom is 0.243 e. The lowest BCUT2D eigenvalue weighted by Gasteiger charge is -2.35. The Morgan fingerprint density at radius 3 is 2.30 bits per heavy atom. The number of para-hydroxylation sites is 2. The molecule has 0 radical (unpaired) electrons. The molecule has 200 valence electrons. The molecule has 0 atom stereocenters. The van der Waals surface area contributed by atoms with Crippen LogP contribution in [0.1, 0.15) is 35.1 Å². The Balaban J connectivity index is 1.41. The van der Waals surface area contributed by atoms with Gasteiger partial charge in [0.1, 0.15) is 0 Å². The van der Waals surface area contributed by atoms with Crippen LogP contribution in [0.15, 0.2) is 103 Å². The summed E-state index contributed by atoms with van der Waals surface area (Å²) in [6, 6.07) is 35.2. The van der Waals surface area contributed by atoms with E-state index in [-0.39, 0.29) is 18.4 Å². The number of nitrogens with one attached hydrogen (secondary N) is 1. The number of fused-ring (bicyclic) bond motifs is 1. The van der Waals surface area contributed by atoms with Gasteiger partial charge in [0.25, 0.3) is 0 Å². The molecule has 40 heavy (non-hydrogen) atoms. The minimum Gasteiger partial charge on any atom is -0.356 e. The van der Waals surface area contributed by atoms with E-state index in [1.54, 1.807) is 12.1 Å². The van der Waals surface area contributed by atoms with Crippen LogP contribution in [0.25, 0.3) is 0 Å². The molecule has 0 fully saturated rings. The van der Waals surface area contributed by atoms with Crippen molar-refractivity contribution in [2.45, 2.75) is 32.2 Å². The molecule has 4 aromatic rings. The van der Waals surface area contributed by atoms with Crippen LogP contribution >= 0.6 is 0 Å². The van der Waals surface area contributed by atoms with E-state index in [9.17, 15) is 9.59 Å². The van der Waals surface area contributed by atoms with Crippen molar-refractivity contribution in [3.05, 3.63) is 125 Å². The van der Waals surface area contributed by atoms with E-state index in [4.69, 9.17) is 5.26 Å². The second kappa shape index (κ2) is 12.8. The first-order valence-electron chi connectivity index (χ1n) is 13.7. The molecule has 0 aliphatic carbocycles. The van der Waals surface area contributed by atoms with Gasteiger partial charge in [-0.25, -0.2) is 0 Å². The molecule has 1 aliphatic rings. The predicted octanol–water partition coefficient (Wildman–Crippen LogP) is 6.12. The number of benzene rings is 4. The molecule has 6 nitrogen and oxygen atoms in total. The van der Waals surface area contributed by atoms with Gasteiger partial charge in [-0.3, -0.25) is 9.59 Å². The number of amides is 2. The SMILES string of the molecule is N#Cc1ccc(CCC(=O)N2CCCc3cccc(N(CC(=O)Nc4ccccc4)Cc4ccccc4)c32)cc1. The highest BCUT2D eigenvalue weighted by Gasteiger charge is 2.28. The highest BCUT2D eigenvalue weighted by Crippen LogP contribution is 2.38. The molecule has 0 spiro atoms. The third-order valence-electron chi connectivity index (χ3n) is 7.16. The van der Waals surface area contributed by atoms with E-state index in [1.807, 2.05) is 77.7 Å². The number of nitrogens with zero attached hydrogens (tertiary/aromatic N) is 3. The number of carbonyl (C=O) groups excluding carboxylic acids is 2. The Bertz CT molecular complexity index is 1490. The molecule has 2 amide bonds. The Labute approximate surface area is 235 Å². The molecule has 1 N–H and O–H groups in total. The first kappa shape index (κ1) is 26.7. The molecular weight excluding hydrogens is 496 g/mol. The van der Waals surface area contributed by atoms with Gasteiger partial charge in [0, 0.05) is 25.2 Å². The molecule has 0 aromatic heterocycles. The Morgan fingerprint density at radius 2 is 1.57 bits per heavy atom. The molecule has 0 bridgehead atoms. The number of anilines is 3. The van der Waals surface area contributed by atoms with Gasteiger partial charge in [0.05, 0.1) is 29.6 Å². The largest absolute Gasteiger partial charge is 0.356 e. The summed E-state index contributed by atoms with van der Waals surface area (Å²) in [5.74, 6) is -0.0552. The zero-order valence-electron chi connectivity index (χ0n) is 22.4. The number of hydrogen-bond donors (Lipinski definition) is 1. The van der Waals surface area contributed by atoms with Crippen molar-refractivity contribution in [2.75, 3.05) is 28.2 Å². The van der Waals surface area contributed by atoms with Gasteiger partial charge in [-0.2, -0.15) is 5.26 Å². The molecule has 5 rings (SSSR count). The fourth-order valence-corrected chi connectivity index (χ4v) is 5.19. The predicted molar refractivity (Wildman–Crippen MR) is 159 cm³/mol. The highest BCUT2D eigenvalue weighted by atomic mass is 16.2. The average Bonchev–Trinajstić information content (AvgIpc) is 3.00. The normalized spacial score (nSPS) is 12.2. The van der Waals surface area contributed by atoms with Gasteiger partial charge in [0.2, 0.25) is 11.8 Å². The Hall–Kier alpha value is -4.89. The van der Waals surface area contributed by atoms with Crippen molar-refractivity contribution in [1.29, 1.82) is 5.26 Å². The second-order valence-electron chi connectivity index (χ2n) is 10.00.